The number of aromatic hydroxyl groups is 2. The maximum absolute atomic E-state index is 13.0. The number of hydrogen-bond donors (Lipinski definition) is 7. The highest BCUT2D eigenvalue weighted by Gasteiger charge is 2.28. The lowest BCUT2D eigenvalue weighted by atomic mass is 10.0. The molecule has 10 nitrogen and oxygen atoms in total. The van der Waals surface area contributed by atoms with Crippen LogP contribution in [0.25, 0.3) is 0 Å². The first kappa shape index (κ1) is 26.6. The molecular weight excluding hydrogens is 440 g/mol. The number of aliphatic carboxylic acids is 1. The molecule has 2 amide bonds. The molecule has 0 bridgehead atoms. The van der Waals surface area contributed by atoms with E-state index in [4.69, 9.17) is 11.5 Å². The van der Waals surface area contributed by atoms with Gasteiger partial charge in [-0.25, -0.2) is 4.79 Å². The molecule has 0 unspecified atom stereocenters. The van der Waals surface area contributed by atoms with Crippen LogP contribution in [0.3, 0.4) is 0 Å². The average Bonchev–Trinajstić information content (AvgIpc) is 2.80. The first-order valence-electron chi connectivity index (χ1n) is 11.0. The fourth-order valence-corrected chi connectivity index (χ4v) is 3.36. The van der Waals surface area contributed by atoms with Crippen molar-refractivity contribution in [3.05, 3.63) is 59.7 Å². The summed E-state index contributed by atoms with van der Waals surface area (Å²) < 4.78 is 0. The summed E-state index contributed by atoms with van der Waals surface area (Å²) in [6.45, 7) is 0.415. The fraction of sp³-hybridized carbons (Fsp3) is 0.375. The minimum atomic E-state index is -1.18. The number of nitrogens with two attached hydrogens (primary N) is 2. The molecule has 184 valence electrons. The summed E-state index contributed by atoms with van der Waals surface area (Å²) in [7, 11) is 0. The summed E-state index contributed by atoms with van der Waals surface area (Å²) in [6, 6.07) is 9.19. The van der Waals surface area contributed by atoms with Gasteiger partial charge < -0.3 is 37.4 Å². The first-order chi connectivity index (χ1) is 16.2. The molecule has 34 heavy (non-hydrogen) atoms. The molecule has 0 saturated carbocycles. The van der Waals surface area contributed by atoms with Gasteiger partial charge in [0.05, 0.1) is 6.04 Å². The topological polar surface area (TPSA) is 188 Å². The normalized spacial score (nSPS) is 13.5. The van der Waals surface area contributed by atoms with Gasteiger partial charge in [-0.05, 0) is 67.6 Å². The second-order valence-corrected chi connectivity index (χ2v) is 8.09. The number of phenols is 2. The Labute approximate surface area is 198 Å². The molecule has 0 aliphatic carbocycles. The van der Waals surface area contributed by atoms with Gasteiger partial charge in [-0.2, -0.15) is 0 Å². The zero-order valence-corrected chi connectivity index (χ0v) is 18.8. The van der Waals surface area contributed by atoms with Crippen LogP contribution < -0.4 is 22.1 Å². The molecule has 0 saturated heterocycles. The second-order valence-electron chi connectivity index (χ2n) is 8.09. The minimum absolute atomic E-state index is 0.0514. The molecule has 9 N–H and O–H groups in total. The Morgan fingerprint density at radius 3 is 1.76 bits per heavy atom. The van der Waals surface area contributed by atoms with Crippen LogP contribution in [-0.2, 0) is 27.2 Å². The van der Waals surface area contributed by atoms with Gasteiger partial charge in [-0.15, -0.1) is 0 Å². The SMILES string of the molecule is NCCCC[C@@H](NC(=O)[C@@H](Cc1ccc(O)cc1)NC(=O)[C@H](N)Cc1ccc(O)cc1)C(=O)O. The zero-order valence-electron chi connectivity index (χ0n) is 18.8. The van der Waals surface area contributed by atoms with Crippen molar-refractivity contribution in [2.24, 2.45) is 11.5 Å². The quantitative estimate of drug-likeness (QED) is 0.204. The number of carbonyl (C=O) groups excluding carboxylic acids is 2. The number of rotatable bonds is 13. The molecule has 2 rings (SSSR count). The summed E-state index contributed by atoms with van der Waals surface area (Å²) in [5.74, 6) is -2.27. The molecule has 0 fully saturated rings. The van der Waals surface area contributed by atoms with Gasteiger partial charge in [0.2, 0.25) is 11.8 Å². The van der Waals surface area contributed by atoms with Crippen molar-refractivity contribution in [2.75, 3.05) is 6.54 Å². The molecule has 0 aromatic heterocycles. The summed E-state index contributed by atoms with van der Waals surface area (Å²) >= 11 is 0. The lowest BCUT2D eigenvalue weighted by Crippen LogP contribution is -2.55. The van der Waals surface area contributed by atoms with Gasteiger partial charge in [0.1, 0.15) is 23.6 Å². The van der Waals surface area contributed by atoms with Crippen LogP contribution in [0.4, 0.5) is 0 Å². The lowest BCUT2D eigenvalue weighted by Gasteiger charge is -2.23. The Balaban J connectivity index is 2.12. The summed E-state index contributed by atoms with van der Waals surface area (Å²) in [5, 5.41) is 33.5. The van der Waals surface area contributed by atoms with E-state index in [9.17, 15) is 29.7 Å². The summed E-state index contributed by atoms with van der Waals surface area (Å²) in [5.41, 5.74) is 12.9. The Bertz CT molecular complexity index is 949. The van der Waals surface area contributed by atoms with Crippen molar-refractivity contribution in [2.45, 2.75) is 50.2 Å². The highest BCUT2D eigenvalue weighted by Crippen LogP contribution is 2.13. The van der Waals surface area contributed by atoms with Crippen molar-refractivity contribution < 1.29 is 29.7 Å². The molecule has 2 aromatic carbocycles. The molecule has 0 spiro atoms. The van der Waals surface area contributed by atoms with Gasteiger partial charge in [0, 0.05) is 6.42 Å². The standard InChI is InChI=1S/C24H32N4O6/c25-12-2-1-3-20(24(33)34)27-23(32)21(14-16-6-10-18(30)11-7-16)28-22(31)19(26)13-15-4-8-17(29)9-5-15/h4-11,19-21,29-30H,1-3,12-14,25-26H2,(H,27,32)(H,28,31)(H,33,34)/t19-,20-,21-/m1/s1. The summed E-state index contributed by atoms with van der Waals surface area (Å²) in [6.07, 6.45) is 1.60. The van der Waals surface area contributed by atoms with Gasteiger partial charge in [-0.3, -0.25) is 9.59 Å². The van der Waals surface area contributed by atoms with Crippen LogP contribution in [0.5, 0.6) is 11.5 Å². The highest BCUT2D eigenvalue weighted by atomic mass is 16.4. The number of benzene rings is 2. The molecule has 0 heterocycles. The average molecular weight is 473 g/mol. The van der Waals surface area contributed by atoms with E-state index in [1.807, 2.05) is 0 Å². The number of unbranched alkanes of at least 4 members (excludes halogenated alkanes) is 1. The Kier molecular flexibility index (Phi) is 10.3. The zero-order chi connectivity index (χ0) is 25.1. The van der Waals surface area contributed by atoms with E-state index in [-0.39, 0.29) is 30.8 Å². The van der Waals surface area contributed by atoms with Gasteiger partial charge in [0.15, 0.2) is 0 Å². The van der Waals surface area contributed by atoms with Gasteiger partial charge in [-0.1, -0.05) is 24.3 Å². The van der Waals surface area contributed by atoms with E-state index in [0.29, 0.717) is 24.9 Å². The Hall–Kier alpha value is -3.63. The van der Waals surface area contributed by atoms with E-state index >= 15 is 0 Å². The number of hydrogen-bond acceptors (Lipinski definition) is 7. The lowest BCUT2D eigenvalue weighted by molar-refractivity contribution is -0.142. The van der Waals surface area contributed by atoms with Crippen molar-refractivity contribution in [1.82, 2.24) is 10.6 Å². The van der Waals surface area contributed by atoms with E-state index in [0.717, 1.165) is 5.56 Å². The van der Waals surface area contributed by atoms with E-state index in [1.54, 1.807) is 24.3 Å². The first-order valence-corrected chi connectivity index (χ1v) is 11.0. The monoisotopic (exact) mass is 472 g/mol. The molecule has 2 aromatic rings. The van der Waals surface area contributed by atoms with Crippen LogP contribution >= 0.6 is 0 Å². The third kappa shape index (κ3) is 8.72. The number of amides is 2. The number of phenolic OH excluding ortho intramolecular Hbond substituents is 2. The largest absolute Gasteiger partial charge is 0.508 e. The maximum Gasteiger partial charge on any atom is 0.326 e. The summed E-state index contributed by atoms with van der Waals surface area (Å²) in [4.78, 5) is 37.4. The van der Waals surface area contributed by atoms with Crippen LogP contribution in [0.15, 0.2) is 48.5 Å². The number of nitrogens with one attached hydrogen (secondary N) is 2. The van der Waals surface area contributed by atoms with Gasteiger partial charge >= 0.3 is 5.97 Å². The smallest absolute Gasteiger partial charge is 0.326 e. The van der Waals surface area contributed by atoms with Crippen LogP contribution in [0, 0.1) is 0 Å². The van der Waals surface area contributed by atoms with E-state index < -0.39 is 35.9 Å². The minimum Gasteiger partial charge on any atom is -0.508 e. The predicted molar refractivity (Wildman–Crippen MR) is 126 cm³/mol. The van der Waals surface area contributed by atoms with E-state index in [2.05, 4.69) is 10.6 Å². The van der Waals surface area contributed by atoms with Crippen molar-refractivity contribution >= 4 is 17.8 Å². The molecule has 10 heteroatoms. The number of carbonyl (C=O) groups is 3. The third-order valence-corrected chi connectivity index (χ3v) is 5.30. The van der Waals surface area contributed by atoms with E-state index in [1.165, 1.54) is 24.3 Å². The second kappa shape index (κ2) is 13.2. The van der Waals surface area contributed by atoms with Crippen molar-refractivity contribution in [1.29, 1.82) is 0 Å². The predicted octanol–water partition coefficient (Wildman–Crippen LogP) is 0.394. The Morgan fingerprint density at radius 2 is 1.26 bits per heavy atom. The van der Waals surface area contributed by atoms with Crippen LogP contribution in [0.1, 0.15) is 30.4 Å². The number of carboxylic acids is 1. The molecule has 3 atom stereocenters. The maximum atomic E-state index is 13.0. The molecular formula is C24H32N4O6. The van der Waals surface area contributed by atoms with Crippen LogP contribution in [-0.4, -0.2) is 57.8 Å². The number of carboxylic acid groups (broad SMARTS) is 1. The molecule has 0 aliphatic rings. The highest BCUT2D eigenvalue weighted by molar-refractivity contribution is 5.92. The van der Waals surface area contributed by atoms with Gasteiger partial charge in [0.25, 0.3) is 0 Å². The van der Waals surface area contributed by atoms with Crippen molar-refractivity contribution in [3.8, 4) is 11.5 Å². The third-order valence-electron chi connectivity index (χ3n) is 5.30. The molecule has 0 aliphatic heterocycles. The Morgan fingerprint density at radius 1 is 0.765 bits per heavy atom. The fourth-order valence-electron chi connectivity index (χ4n) is 3.36. The van der Waals surface area contributed by atoms with Crippen LogP contribution in [0.2, 0.25) is 0 Å². The molecule has 0 radical (unpaired) electrons. The van der Waals surface area contributed by atoms with Crippen molar-refractivity contribution in [3.63, 3.8) is 0 Å².